The van der Waals surface area contributed by atoms with Gasteiger partial charge in [0, 0.05) is 0 Å². The Balaban J connectivity index is 4.25. The number of hydrogen-bond acceptors (Lipinski definition) is 6. The molecule has 0 aliphatic heterocycles. The zero-order valence-electron chi connectivity index (χ0n) is 5.01. The van der Waals surface area contributed by atoms with E-state index in [0.29, 0.717) is 0 Å². The zero-order chi connectivity index (χ0) is 9.07. The van der Waals surface area contributed by atoms with Gasteiger partial charge in [0.25, 0.3) is 10.3 Å². The summed E-state index contributed by atoms with van der Waals surface area (Å²) in [6.45, 7) is 0. The van der Waals surface area contributed by atoms with E-state index in [1.54, 1.807) is 0 Å². The normalized spacial score (nSPS) is 10.2. The minimum absolute atomic E-state index is 0.693. The van der Waals surface area contributed by atoms with Gasteiger partial charge in [-0.2, -0.15) is 0 Å². The molecule has 0 saturated heterocycles. The number of nitrogens with two attached hydrogens (primary N) is 2. The van der Waals surface area contributed by atoms with Crippen molar-refractivity contribution in [1.29, 1.82) is 0 Å². The third kappa shape index (κ3) is 5.76. The van der Waals surface area contributed by atoms with E-state index in [9.17, 15) is 8.42 Å². The zero-order valence-corrected chi connectivity index (χ0v) is 7.46. The van der Waals surface area contributed by atoms with Crippen molar-refractivity contribution in [2.24, 2.45) is 11.5 Å². The Labute approximate surface area is 73.8 Å². The molecular formula is C2H4N2O4S3. The average Bonchev–Trinajstić information content (AvgIpc) is 1.53. The van der Waals surface area contributed by atoms with E-state index in [1.165, 1.54) is 0 Å². The van der Waals surface area contributed by atoms with Gasteiger partial charge in [0.2, 0.25) is 0 Å². The minimum atomic E-state index is -4.31. The van der Waals surface area contributed by atoms with Gasteiger partial charge in [0.1, 0.15) is 0 Å². The Morgan fingerprint density at radius 1 is 1.09 bits per heavy atom. The monoisotopic (exact) mass is 216 g/mol. The van der Waals surface area contributed by atoms with Crippen LogP contribution in [0.15, 0.2) is 0 Å². The molecule has 0 radical (unpaired) electrons. The molecule has 0 unspecified atom stereocenters. The maximum absolute atomic E-state index is 10.5. The molecule has 0 aromatic carbocycles. The SMILES string of the molecule is NC(=S)OS(=O)(=O)OC(N)=S. The molecule has 6 nitrogen and oxygen atoms in total. The van der Waals surface area contributed by atoms with Gasteiger partial charge in [-0.3, -0.25) is 0 Å². The fourth-order valence-electron chi connectivity index (χ4n) is 0.218. The van der Waals surface area contributed by atoms with Crippen LogP contribution in [-0.2, 0) is 18.8 Å². The predicted octanol–water partition coefficient (Wildman–Crippen LogP) is -1.25. The van der Waals surface area contributed by atoms with Crippen LogP contribution in [0.4, 0.5) is 0 Å². The lowest BCUT2D eigenvalue weighted by Gasteiger charge is -2.02. The number of thiocarbonyl (C=S) groups is 2. The van der Waals surface area contributed by atoms with Crippen molar-refractivity contribution in [3.63, 3.8) is 0 Å². The maximum atomic E-state index is 10.5. The van der Waals surface area contributed by atoms with E-state index in [0.717, 1.165) is 0 Å². The van der Waals surface area contributed by atoms with Gasteiger partial charge in [-0.05, 0) is 24.4 Å². The first-order valence-corrected chi connectivity index (χ1v) is 4.21. The summed E-state index contributed by atoms with van der Waals surface area (Å²) in [5.74, 6) is 0. The van der Waals surface area contributed by atoms with E-state index < -0.39 is 20.7 Å². The molecule has 11 heavy (non-hydrogen) atoms. The predicted molar refractivity (Wildman–Crippen MR) is 44.7 cm³/mol. The van der Waals surface area contributed by atoms with Crippen molar-refractivity contribution in [1.82, 2.24) is 0 Å². The Morgan fingerprint density at radius 2 is 1.36 bits per heavy atom. The lowest BCUT2D eigenvalue weighted by atomic mass is 11.4. The molecule has 0 aromatic rings. The molecule has 0 bridgehead atoms. The summed E-state index contributed by atoms with van der Waals surface area (Å²) in [6.07, 6.45) is 0. The highest BCUT2D eigenvalue weighted by molar-refractivity contribution is 7.87. The van der Waals surface area contributed by atoms with Crippen LogP contribution >= 0.6 is 24.4 Å². The molecule has 0 heterocycles. The second-order valence-electron chi connectivity index (χ2n) is 1.21. The first-order chi connectivity index (χ1) is 4.83. The highest BCUT2D eigenvalue weighted by Crippen LogP contribution is 1.94. The van der Waals surface area contributed by atoms with Crippen molar-refractivity contribution >= 4 is 45.2 Å². The van der Waals surface area contributed by atoms with E-state index in [2.05, 4.69) is 32.8 Å². The molecule has 0 rings (SSSR count). The summed E-state index contributed by atoms with van der Waals surface area (Å²) in [7, 11) is -4.31. The van der Waals surface area contributed by atoms with Crippen molar-refractivity contribution in [2.75, 3.05) is 0 Å². The van der Waals surface area contributed by atoms with Crippen LogP contribution < -0.4 is 11.5 Å². The lowest BCUT2D eigenvalue weighted by Crippen LogP contribution is -2.25. The minimum Gasteiger partial charge on any atom is -0.359 e. The van der Waals surface area contributed by atoms with Gasteiger partial charge in [-0.15, -0.1) is 8.42 Å². The first-order valence-electron chi connectivity index (χ1n) is 2.06. The molecule has 0 aromatic heterocycles. The van der Waals surface area contributed by atoms with Crippen molar-refractivity contribution in [3.05, 3.63) is 0 Å². The third-order valence-electron chi connectivity index (χ3n) is 0.368. The smallest absolute Gasteiger partial charge is 0.359 e. The first kappa shape index (κ1) is 10.3. The number of hydrogen-bond donors (Lipinski definition) is 2. The van der Waals surface area contributed by atoms with Crippen LogP contribution in [0.5, 0.6) is 0 Å². The van der Waals surface area contributed by atoms with Gasteiger partial charge < -0.3 is 19.8 Å². The Bertz CT molecular complexity index is 247. The van der Waals surface area contributed by atoms with Gasteiger partial charge >= 0.3 is 10.4 Å². The third-order valence-corrected chi connectivity index (χ3v) is 1.51. The Kier molecular flexibility index (Phi) is 3.42. The second kappa shape index (κ2) is 3.64. The van der Waals surface area contributed by atoms with Gasteiger partial charge in [-0.25, -0.2) is 0 Å². The van der Waals surface area contributed by atoms with Gasteiger partial charge in [-0.1, -0.05) is 0 Å². The molecular weight excluding hydrogens is 212 g/mol. The fourth-order valence-corrected chi connectivity index (χ4v) is 1.15. The largest absolute Gasteiger partial charge is 0.505 e. The van der Waals surface area contributed by atoms with Gasteiger partial charge in [0.15, 0.2) is 0 Å². The summed E-state index contributed by atoms with van der Waals surface area (Å²) >= 11 is 8.22. The van der Waals surface area contributed by atoms with E-state index >= 15 is 0 Å². The van der Waals surface area contributed by atoms with Crippen LogP contribution in [0.1, 0.15) is 0 Å². The van der Waals surface area contributed by atoms with Crippen LogP contribution in [0.2, 0.25) is 0 Å². The highest BCUT2D eigenvalue weighted by Gasteiger charge is 2.15. The summed E-state index contributed by atoms with van der Waals surface area (Å²) in [5.41, 5.74) is 9.44. The van der Waals surface area contributed by atoms with Crippen molar-refractivity contribution < 1.29 is 16.8 Å². The maximum Gasteiger partial charge on any atom is 0.505 e. The summed E-state index contributed by atoms with van der Waals surface area (Å²) in [5, 5.41) is -1.39. The van der Waals surface area contributed by atoms with Crippen molar-refractivity contribution in [3.8, 4) is 0 Å². The van der Waals surface area contributed by atoms with Crippen LogP contribution in [0, 0.1) is 0 Å². The molecule has 0 atom stereocenters. The van der Waals surface area contributed by atoms with E-state index in [-0.39, 0.29) is 0 Å². The van der Waals surface area contributed by atoms with Crippen LogP contribution in [-0.4, -0.2) is 18.8 Å². The molecule has 0 aliphatic rings. The summed E-state index contributed by atoms with van der Waals surface area (Å²) < 4.78 is 28.6. The molecule has 0 spiro atoms. The second-order valence-corrected chi connectivity index (χ2v) is 3.17. The van der Waals surface area contributed by atoms with Crippen molar-refractivity contribution in [2.45, 2.75) is 0 Å². The molecule has 0 aliphatic carbocycles. The molecule has 0 fully saturated rings. The quantitative estimate of drug-likeness (QED) is 0.552. The number of rotatable bonds is 2. The fraction of sp³-hybridized carbons (Fsp3) is 0. The molecule has 64 valence electrons. The summed E-state index contributed by atoms with van der Waals surface area (Å²) in [6, 6.07) is 0. The lowest BCUT2D eigenvalue weighted by molar-refractivity contribution is 0.388. The molecule has 0 saturated carbocycles. The van der Waals surface area contributed by atoms with Crippen LogP contribution in [0.25, 0.3) is 0 Å². The van der Waals surface area contributed by atoms with E-state index in [4.69, 9.17) is 11.5 Å². The highest BCUT2D eigenvalue weighted by atomic mass is 32.3. The standard InChI is InChI=1S/C2H4N2O4S3/c3-1(9)7-11(5,6)8-2(4)10/h(H2,3,9)(H2,4,10). The Morgan fingerprint density at radius 3 is 1.55 bits per heavy atom. The Hall–Kier alpha value is -0.670. The molecule has 9 heteroatoms. The summed E-state index contributed by atoms with van der Waals surface area (Å²) in [4.78, 5) is 0. The van der Waals surface area contributed by atoms with E-state index in [1.807, 2.05) is 0 Å². The van der Waals surface area contributed by atoms with Gasteiger partial charge in [0.05, 0.1) is 0 Å². The van der Waals surface area contributed by atoms with Crippen LogP contribution in [0.3, 0.4) is 0 Å². The molecule has 4 N–H and O–H groups in total. The topological polar surface area (TPSA) is 105 Å². The average molecular weight is 216 g/mol. The molecule has 0 amide bonds.